The standard InChI is InChI=1S/C23H22F3N3O5S2/c1-13(2)34-15-5-6-16-14(4-8-21(30)31)12-29(18(16)10-15)36(32,33)22-9-7-19(35-22)17-11-20(23(24,25)26)28(3)27-17/h5-7,9-13H,4,8H2,1-3H3,(H,30,31). The van der Waals surface area contributed by atoms with Gasteiger partial charge in [-0.3, -0.25) is 9.48 Å². The molecule has 0 aliphatic heterocycles. The zero-order valence-electron chi connectivity index (χ0n) is 19.4. The molecular weight excluding hydrogens is 519 g/mol. The lowest BCUT2D eigenvalue weighted by Gasteiger charge is -2.11. The van der Waals surface area contributed by atoms with Crippen molar-refractivity contribution in [2.24, 2.45) is 7.05 Å². The average molecular weight is 542 g/mol. The Kier molecular flexibility index (Phi) is 6.64. The Morgan fingerprint density at radius 2 is 1.92 bits per heavy atom. The minimum absolute atomic E-state index is 0.00315. The molecule has 0 radical (unpaired) electrons. The summed E-state index contributed by atoms with van der Waals surface area (Å²) in [6.45, 7) is 3.65. The summed E-state index contributed by atoms with van der Waals surface area (Å²) in [5.74, 6) is -0.577. The van der Waals surface area contributed by atoms with Gasteiger partial charge >= 0.3 is 12.1 Å². The Bertz CT molecular complexity index is 1550. The number of carboxylic acids is 1. The molecule has 0 amide bonds. The van der Waals surface area contributed by atoms with Gasteiger partial charge in [-0.25, -0.2) is 3.97 Å². The van der Waals surface area contributed by atoms with Crippen molar-refractivity contribution >= 4 is 38.2 Å². The van der Waals surface area contributed by atoms with Crippen molar-refractivity contribution in [2.75, 3.05) is 0 Å². The van der Waals surface area contributed by atoms with Crippen molar-refractivity contribution in [3.63, 3.8) is 0 Å². The normalized spacial score (nSPS) is 12.5. The number of thiophene rings is 1. The molecule has 4 rings (SSSR count). The molecule has 0 unspecified atom stereocenters. The number of ether oxygens (including phenoxy) is 1. The van der Waals surface area contributed by atoms with E-state index in [0.29, 0.717) is 26.9 Å². The Morgan fingerprint density at radius 3 is 2.53 bits per heavy atom. The fraction of sp³-hybridized carbons (Fsp3) is 0.304. The van der Waals surface area contributed by atoms with E-state index < -0.39 is 27.9 Å². The minimum atomic E-state index is -4.60. The van der Waals surface area contributed by atoms with Crippen LogP contribution in [0.1, 0.15) is 31.5 Å². The first-order valence-electron chi connectivity index (χ1n) is 10.8. The van der Waals surface area contributed by atoms with E-state index in [9.17, 15) is 26.4 Å². The van der Waals surface area contributed by atoms with Crippen LogP contribution in [-0.2, 0) is 34.5 Å². The van der Waals surface area contributed by atoms with Crippen LogP contribution in [0.15, 0.2) is 46.8 Å². The molecule has 1 N–H and O–H groups in total. The molecule has 0 saturated carbocycles. The van der Waals surface area contributed by atoms with Crippen molar-refractivity contribution in [3.05, 3.63) is 53.9 Å². The van der Waals surface area contributed by atoms with E-state index >= 15 is 0 Å². The highest BCUT2D eigenvalue weighted by atomic mass is 32.2. The van der Waals surface area contributed by atoms with Gasteiger partial charge in [0.15, 0.2) is 0 Å². The molecule has 0 saturated heterocycles. The molecule has 3 aromatic heterocycles. The van der Waals surface area contributed by atoms with Crippen molar-refractivity contribution in [1.29, 1.82) is 0 Å². The summed E-state index contributed by atoms with van der Waals surface area (Å²) in [6, 6.07) is 8.53. The molecule has 3 heterocycles. The third-order valence-corrected chi connectivity index (χ3v) is 8.57. The highest BCUT2D eigenvalue weighted by Crippen LogP contribution is 2.37. The van der Waals surface area contributed by atoms with Crippen LogP contribution in [0, 0.1) is 0 Å². The van der Waals surface area contributed by atoms with Crippen LogP contribution in [0.3, 0.4) is 0 Å². The summed E-state index contributed by atoms with van der Waals surface area (Å²) in [5.41, 5.74) is -0.111. The maximum Gasteiger partial charge on any atom is 0.433 e. The Morgan fingerprint density at radius 1 is 1.19 bits per heavy atom. The number of hydrogen-bond donors (Lipinski definition) is 1. The van der Waals surface area contributed by atoms with Crippen LogP contribution in [-0.4, -0.2) is 39.4 Å². The summed E-state index contributed by atoms with van der Waals surface area (Å²) in [6.07, 6.45) is -3.45. The van der Waals surface area contributed by atoms with E-state index in [-0.39, 0.29) is 33.7 Å². The van der Waals surface area contributed by atoms with Gasteiger partial charge in [-0.05, 0) is 56.2 Å². The molecule has 0 aliphatic rings. The highest BCUT2D eigenvalue weighted by Gasteiger charge is 2.35. The fourth-order valence-corrected chi connectivity index (χ4v) is 6.51. The van der Waals surface area contributed by atoms with Gasteiger partial charge in [0.2, 0.25) is 0 Å². The SMILES string of the molecule is CC(C)Oc1ccc2c(CCC(=O)O)cn(S(=O)(=O)c3ccc(-c4cc(C(F)(F)F)n(C)n4)s3)c2c1. The number of benzene rings is 1. The number of halogens is 3. The molecular formula is C23H22F3N3O5S2. The molecule has 0 fully saturated rings. The lowest BCUT2D eigenvalue weighted by atomic mass is 10.1. The van der Waals surface area contributed by atoms with Crippen molar-refractivity contribution in [2.45, 2.75) is 43.2 Å². The number of carboxylic acid groups (broad SMARTS) is 1. The average Bonchev–Trinajstić information content (AvgIpc) is 3.48. The number of aromatic nitrogens is 3. The monoisotopic (exact) mass is 541 g/mol. The second-order valence-corrected chi connectivity index (χ2v) is 11.5. The van der Waals surface area contributed by atoms with Gasteiger partial charge in [0.25, 0.3) is 10.0 Å². The number of aryl methyl sites for hydroxylation is 2. The number of alkyl halides is 3. The first kappa shape index (κ1) is 25.8. The Labute approximate surface area is 208 Å². The third-order valence-electron chi connectivity index (χ3n) is 5.32. The summed E-state index contributed by atoms with van der Waals surface area (Å²) in [5, 5.41) is 13.5. The Balaban J connectivity index is 1.79. The predicted octanol–water partition coefficient (Wildman–Crippen LogP) is 5.16. The maximum absolute atomic E-state index is 13.6. The number of nitrogens with zero attached hydrogens (tertiary/aromatic N) is 3. The minimum Gasteiger partial charge on any atom is -0.491 e. The lowest BCUT2D eigenvalue weighted by molar-refractivity contribution is -0.143. The summed E-state index contributed by atoms with van der Waals surface area (Å²) < 4.78 is 74.1. The van der Waals surface area contributed by atoms with Crippen LogP contribution in [0.25, 0.3) is 21.5 Å². The molecule has 192 valence electrons. The van der Waals surface area contributed by atoms with Crippen LogP contribution in [0.5, 0.6) is 5.75 Å². The smallest absolute Gasteiger partial charge is 0.433 e. The topological polar surface area (TPSA) is 103 Å². The Hall–Kier alpha value is -3.32. The molecule has 0 atom stereocenters. The maximum atomic E-state index is 13.6. The van der Waals surface area contributed by atoms with E-state index in [1.165, 1.54) is 25.4 Å². The molecule has 0 bridgehead atoms. The van der Waals surface area contributed by atoms with E-state index in [0.717, 1.165) is 21.4 Å². The molecule has 0 spiro atoms. The van der Waals surface area contributed by atoms with Gasteiger partial charge in [0, 0.05) is 31.1 Å². The second-order valence-electron chi connectivity index (χ2n) is 8.35. The van der Waals surface area contributed by atoms with Crippen LogP contribution in [0.4, 0.5) is 13.2 Å². The van der Waals surface area contributed by atoms with E-state index in [2.05, 4.69) is 5.10 Å². The zero-order valence-corrected chi connectivity index (χ0v) is 21.0. The van der Waals surface area contributed by atoms with Gasteiger partial charge in [0.05, 0.1) is 16.5 Å². The summed E-state index contributed by atoms with van der Waals surface area (Å²) in [7, 11) is -3.01. The first-order chi connectivity index (χ1) is 16.8. The predicted molar refractivity (Wildman–Crippen MR) is 128 cm³/mol. The van der Waals surface area contributed by atoms with Gasteiger partial charge in [-0.15, -0.1) is 11.3 Å². The molecule has 1 aromatic carbocycles. The largest absolute Gasteiger partial charge is 0.491 e. The molecule has 8 nitrogen and oxygen atoms in total. The van der Waals surface area contributed by atoms with Gasteiger partial charge < -0.3 is 9.84 Å². The van der Waals surface area contributed by atoms with Crippen molar-refractivity contribution < 1.29 is 36.2 Å². The zero-order chi connectivity index (χ0) is 26.4. The van der Waals surface area contributed by atoms with Crippen LogP contribution < -0.4 is 4.74 Å². The molecule has 0 aliphatic carbocycles. The fourth-order valence-electron chi connectivity index (χ4n) is 3.78. The number of carbonyl (C=O) groups is 1. The van der Waals surface area contributed by atoms with Gasteiger partial charge in [-0.2, -0.15) is 26.7 Å². The van der Waals surface area contributed by atoms with Crippen LogP contribution >= 0.6 is 11.3 Å². The first-order valence-corrected chi connectivity index (χ1v) is 13.0. The van der Waals surface area contributed by atoms with Crippen LogP contribution in [0.2, 0.25) is 0 Å². The summed E-state index contributed by atoms with van der Waals surface area (Å²) in [4.78, 5) is 11.4. The van der Waals surface area contributed by atoms with Gasteiger partial charge in [0.1, 0.15) is 21.3 Å². The lowest BCUT2D eigenvalue weighted by Crippen LogP contribution is -2.11. The molecule has 4 aromatic rings. The number of hydrogen-bond acceptors (Lipinski definition) is 6. The van der Waals surface area contributed by atoms with E-state index in [4.69, 9.17) is 9.84 Å². The van der Waals surface area contributed by atoms with E-state index in [1.807, 2.05) is 13.8 Å². The number of aliphatic carboxylic acids is 1. The molecule has 36 heavy (non-hydrogen) atoms. The van der Waals surface area contributed by atoms with Crippen molar-refractivity contribution in [3.8, 4) is 16.3 Å². The third kappa shape index (κ3) is 4.98. The van der Waals surface area contributed by atoms with Gasteiger partial charge in [-0.1, -0.05) is 0 Å². The quantitative estimate of drug-likeness (QED) is 0.330. The van der Waals surface area contributed by atoms with Crippen molar-refractivity contribution in [1.82, 2.24) is 13.8 Å². The summed E-state index contributed by atoms with van der Waals surface area (Å²) >= 11 is 0.794. The highest BCUT2D eigenvalue weighted by molar-refractivity contribution is 7.92. The second kappa shape index (κ2) is 9.28. The number of fused-ring (bicyclic) bond motifs is 1. The number of rotatable bonds is 8. The molecule has 13 heteroatoms. The van der Waals surface area contributed by atoms with E-state index in [1.54, 1.807) is 18.2 Å².